The lowest BCUT2D eigenvalue weighted by atomic mass is 10.1. The Bertz CT molecular complexity index is 1100. The van der Waals surface area contributed by atoms with Gasteiger partial charge < -0.3 is 0 Å². The summed E-state index contributed by atoms with van der Waals surface area (Å²) >= 11 is 6.03. The number of hydrogen-bond acceptors (Lipinski definition) is 3. The number of rotatable bonds is 4. The second kappa shape index (κ2) is 6.70. The maximum atomic E-state index is 6.03. The first-order chi connectivity index (χ1) is 12.9. The monoisotopic (exact) mass is 380 g/mol. The smallest absolute Gasteiger partial charge is 0.0964 e. The van der Waals surface area contributed by atoms with Gasteiger partial charge in [0.25, 0.3) is 0 Å². The van der Waals surface area contributed by atoms with E-state index in [2.05, 4.69) is 30.1 Å². The van der Waals surface area contributed by atoms with E-state index in [4.69, 9.17) is 16.7 Å². The van der Waals surface area contributed by atoms with Crippen molar-refractivity contribution in [2.75, 3.05) is 0 Å². The lowest BCUT2D eigenvalue weighted by Crippen LogP contribution is -2.04. The highest BCUT2D eigenvalue weighted by Gasteiger charge is 2.18. The summed E-state index contributed by atoms with van der Waals surface area (Å²) in [6.07, 6.45) is 3.76. The maximum absolute atomic E-state index is 6.03. The van der Waals surface area contributed by atoms with Crippen molar-refractivity contribution >= 4 is 11.6 Å². The van der Waals surface area contributed by atoms with Crippen LogP contribution in [0.2, 0.25) is 5.02 Å². The molecule has 0 N–H and O–H groups in total. The molecule has 0 aliphatic rings. The van der Waals surface area contributed by atoms with Gasteiger partial charge in [0.05, 0.1) is 30.3 Å². The van der Waals surface area contributed by atoms with Crippen LogP contribution in [-0.2, 0) is 20.6 Å². The summed E-state index contributed by atoms with van der Waals surface area (Å²) < 4.78 is 5.77. The van der Waals surface area contributed by atoms with Gasteiger partial charge in [-0.05, 0) is 37.6 Å². The topological polar surface area (TPSA) is 53.5 Å². The van der Waals surface area contributed by atoms with E-state index in [9.17, 15) is 0 Å². The summed E-state index contributed by atoms with van der Waals surface area (Å²) in [5.41, 5.74) is 7.38. The van der Waals surface area contributed by atoms with Crippen LogP contribution in [0.5, 0.6) is 0 Å². The summed E-state index contributed by atoms with van der Waals surface area (Å²) in [6.45, 7) is 4.77. The molecule has 0 spiro atoms. The molecule has 0 radical (unpaired) electrons. The molecule has 4 rings (SSSR count). The van der Waals surface area contributed by atoms with Crippen molar-refractivity contribution < 1.29 is 0 Å². The zero-order valence-electron chi connectivity index (χ0n) is 15.8. The minimum absolute atomic E-state index is 0.653. The SMILES string of the molecule is Cc1c(-c2cc(-c3cnn(C)c3C)n(Cc3ccc(Cl)cc3)n2)cnn1C. The van der Waals surface area contributed by atoms with E-state index >= 15 is 0 Å². The molecule has 138 valence electrons. The van der Waals surface area contributed by atoms with E-state index in [0.29, 0.717) is 6.54 Å². The lowest BCUT2D eigenvalue weighted by molar-refractivity contribution is 0.695. The molecule has 0 aliphatic carbocycles. The molecule has 7 heteroatoms. The van der Waals surface area contributed by atoms with Crippen molar-refractivity contribution in [2.45, 2.75) is 20.4 Å². The van der Waals surface area contributed by atoms with Crippen molar-refractivity contribution in [2.24, 2.45) is 14.1 Å². The van der Waals surface area contributed by atoms with Crippen LogP contribution in [0.1, 0.15) is 17.0 Å². The van der Waals surface area contributed by atoms with Gasteiger partial charge in [-0.2, -0.15) is 15.3 Å². The number of nitrogens with zero attached hydrogens (tertiary/aromatic N) is 6. The van der Waals surface area contributed by atoms with Gasteiger partial charge >= 0.3 is 0 Å². The fourth-order valence-corrected chi connectivity index (χ4v) is 3.27. The van der Waals surface area contributed by atoms with Gasteiger partial charge in [0.2, 0.25) is 0 Å². The molecule has 4 aromatic rings. The van der Waals surface area contributed by atoms with E-state index in [1.165, 1.54) is 0 Å². The van der Waals surface area contributed by atoms with Gasteiger partial charge in [0.1, 0.15) is 0 Å². The van der Waals surface area contributed by atoms with E-state index in [1.807, 2.05) is 64.8 Å². The number of benzene rings is 1. The molecule has 27 heavy (non-hydrogen) atoms. The molecule has 0 atom stereocenters. The Balaban J connectivity index is 1.83. The lowest BCUT2D eigenvalue weighted by Gasteiger charge is -2.08. The molecule has 0 bridgehead atoms. The summed E-state index contributed by atoms with van der Waals surface area (Å²) in [6, 6.07) is 9.98. The molecule has 3 heterocycles. The van der Waals surface area contributed by atoms with Crippen LogP contribution in [0.25, 0.3) is 22.5 Å². The molecular weight excluding hydrogens is 360 g/mol. The number of halogens is 1. The van der Waals surface area contributed by atoms with E-state index < -0.39 is 0 Å². The second-order valence-electron chi connectivity index (χ2n) is 6.73. The van der Waals surface area contributed by atoms with Gasteiger partial charge in [0, 0.05) is 41.6 Å². The fourth-order valence-electron chi connectivity index (χ4n) is 3.15. The Hall–Kier alpha value is -2.86. The van der Waals surface area contributed by atoms with Crippen LogP contribution in [-0.4, -0.2) is 29.3 Å². The predicted octanol–water partition coefficient (Wildman–Crippen LogP) is 4.00. The molecule has 0 saturated carbocycles. The number of aryl methyl sites for hydroxylation is 2. The molecule has 3 aromatic heterocycles. The van der Waals surface area contributed by atoms with Gasteiger partial charge in [-0.15, -0.1) is 0 Å². The molecule has 0 saturated heterocycles. The Morgan fingerprint density at radius 1 is 0.889 bits per heavy atom. The van der Waals surface area contributed by atoms with Gasteiger partial charge in [-0.1, -0.05) is 23.7 Å². The summed E-state index contributed by atoms with van der Waals surface area (Å²) in [4.78, 5) is 0. The Kier molecular flexibility index (Phi) is 4.36. The van der Waals surface area contributed by atoms with Crippen molar-refractivity contribution in [3.8, 4) is 22.5 Å². The zero-order chi connectivity index (χ0) is 19.1. The van der Waals surface area contributed by atoms with Crippen molar-refractivity contribution in [3.05, 3.63) is 64.7 Å². The van der Waals surface area contributed by atoms with E-state index in [1.54, 1.807) is 0 Å². The first-order valence-corrected chi connectivity index (χ1v) is 9.12. The minimum Gasteiger partial charge on any atom is -0.272 e. The molecule has 1 aromatic carbocycles. The van der Waals surface area contributed by atoms with Crippen LogP contribution < -0.4 is 0 Å². The van der Waals surface area contributed by atoms with Crippen molar-refractivity contribution in [1.82, 2.24) is 29.3 Å². The van der Waals surface area contributed by atoms with Crippen LogP contribution in [0.15, 0.2) is 42.7 Å². The van der Waals surface area contributed by atoms with Crippen molar-refractivity contribution in [3.63, 3.8) is 0 Å². The molecule has 6 nitrogen and oxygen atoms in total. The molecule has 0 unspecified atom stereocenters. The van der Waals surface area contributed by atoms with Crippen LogP contribution >= 0.6 is 11.6 Å². The maximum Gasteiger partial charge on any atom is 0.0964 e. The minimum atomic E-state index is 0.653. The third-order valence-electron chi connectivity index (χ3n) is 5.05. The highest BCUT2D eigenvalue weighted by Crippen LogP contribution is 2.30. The highest BCUT2D eigenvalue weighted by molar-refractivity contribution is 6.30. The fraction of sp³-hybridized carbons (Fsp3) is 0.250. The second-order valence-corrected chi connectivity index (χ2v) is 7.17. The summed E-state index contributed by atoms with van der Waals surface area (Å²) in [7, 11) is 3.89. The molecule has 0 amide bonds. The summed E-state index contributed by atoms with van der Waals surface area (Å²) in [5.74, 6) is 0. The third kappa shape index (κ3) is 3.17. The average Bonchev–Trinajstić information content (AvgIpc) is 3.30. The van der Waals surface area contributed by atoms with Gasteiger partial charge in [0.15, 0.2) is 0 Å². The summed E-state index contributed by atoms with van der Waals surface area (Å²) in [5, 5.41) is 14.4. The van der Waals surface area contributed by atoms with Gasteiger partial charge in [-0.3, -0.25) is 14.0 Å². The van der Waals surface area contributed by atoms with Gasteiger partial charge in [-0.25, -0.2) is 0 Å². The first kappa shape index (κ1) is 17.5. The number of aromatic nitrogens is 6. The van der Waals surface area contributed by atoms with Crippen LogP contribution in [0.3, 0.4) is 0 Å². The largest absolute Gasteiger partial charge is 0.272 e. The first-order valence-electron chi connectivity index (χ1n) is 8.74. The quantitative estimate of drug-likeness (QED) is 0.537. The van der Waals surface area contributed by atoms with Crippen molar-refractivity contribution in [1.29, 1.82) is 0 Å². The molecule has 0 fully saturated rings. The number of hydrogen-bond donors (Lipinski definition) is 0. The zero-order valence-corrected chi connectivity index (χ0v) is 16.6. The van der Waals surface area contributed by atoms with E-state index in [0.717, 1.165) is 44.5 Å². The molecular formula is C20H21ClN6. The normalized spacial score (nSPS) is 11.3. The third-order valence-corrected chi connectivity index (χ3v) is 5.30. The Morgan fingerprint density at radius 3 is 2.04 bits per heavy atom. The Labute approximate surface area is 163 Å². The standard InChI is InChI=1S/C20H21ClN6/c1-13-17(10-22-25(13)3)19-9-20(18-11-23-26(4)14(18)2)27(24-19)12-15-5-7-16(21)8-6-15/h5-11H,12H2,1-4H3. The van der Waals surface area contributed by atoms with E-state index in [-0.39, 0.29) is 0 Å². The average molecular weight is 381 g/mol. The van der Waals surface area contributed by atoms with Crippen LogP contribution in [0, 0.1) is 13.8 Å². The predicted molar refractivity (Wildman–Crippen MR) is 107 cm³/mol. The highest BCUT2D eigenvalue weighted by atomic mass is 35.5. The van der Waals surface area contributed by atoms with Crippen LogP contribution in [0.4, 0.5) is 0 Å². The molecule has 0 aliphatic heterocycles. The Morgan fingerprint density at radius 2 is 1.48 bits per heavy atom.